The van der Waals surface area contributed by atoms with E-state index in [9.17, 15) is 4.79 Å². The highest BCUT2D eigenvalue weighted by Gasteiger charge is 2.41. The lowest BCUT2D eigenvalue weighted by Crippen LogP contribution is -2.53. The fraction of sp³-hybridized carbons (Fsp3) is 0.533. The van der Waals surface area contributed by atoms with Crippen LogP contribution in [0.5, 0.6) is 0 Å². The molecule has 104 valence electrons. The molecule has 2 unspecified atom stereocenters. The molecule has 1 heterocycles. The van der Waals surface area contributed by atoms with Crippen LogP contribution in [-0.2, 0) is 15.1 Å². The number of nitrogens with one attached hydrogen (secondary N) is 1. The van der Waals surface area contributed by atoms with Crippen LogP contribution in [0.2, 0.25) is 0 Å². The van der Waals surface area contributed by atoms with Gasteiger partial charge >= 0.3 is 0 Å². The number of carbonyl (C=O) groups is 1. The molecule has 1 fully saturated rings. The van der Waals surface area contributed by atoms with Crippen LogP contribution in [0, 0.1) is 0 Å². The van der Waals surface area contributed by atoms with Gasteiger partial charge in [-0.05, 0) is 32.3 Å². The Morgan fingerprint density at radius 2 is 2.16 bits per heavy atom. The monoisotopic (exact) mass is 281 g/mol. The van der Waals surface area contributed by atoms with Crippen molar-refractivity contribution in [3.05, 3.63) is 35.9 Å². The summed E-state index contributed by atoms with van der Waals surface area (Å²) in [7, 11) is 0. The van der Waals surface area contributed by atoms with Crippen LogP contribution in [0.15, 0.2) is 30.3 Å². The molecule has 1 aliphatic heterocycles. The quantitative estimate of drug-likeness (QED) is 0.862. The van der Waals surface area contributed by atoms with E-state index in [0.717, 1.165) is 18.4 Å². The molecule has 19 heavy (non-hydrogen) atoms. The molecule has 1 saturated heterocycles. The second kappa shape index (κ2) is 5.51. The van der Waals surface area contributed by atoms with E-state index in [1.165, 1.54) is 0 Å². The van der Waals surface area contributed by atoms with E-state index in [0.29, 0.717) is 12.5 Å². The molecule has 0 radical (unpaired) electrons. The van der Waals surface area contributed by atoms with E-state index in [4.69, 9.17) is 16.3 Å². The molecule has 0 spiro atoms. The standard InChI is InChI=1S/C15H20ClNO2/c1-14(11-16,12-7-4-3-5-8-12)17-13(18)15(2)9-6-10-19-15/h3-5,7-8H,6,9-11H2,1-2H3,(H,17,18). The highest BCUT2D eigenvalue weighted by atomic mass is 35.5. The Labute approximate surface area is 119 Å². The zero-order valence-corrected chi connectivity index (χ0v) is 12.2. The van der Waals surface area contributed by atoms with E-state index in [1.54, 1.807) is 0 Å². The third kappa shape index (κ3) is 2.93. The Morgan fingerprint density at radius 1 is 1.47 bits per heavy atom. The lowest BCUT2D eigenvalue weighted by molar-refractivity contribution is -0.141. The van der Waals surface area contributed by atoms with E-state index in [2.05, 4.69) is 5.32 Å². The third-order valence-electron chi connectivity index (χ3n) is 3.77. The number of rotatable bonds is 4. The summed E-state index contributed by atoms with van der Waals surface area (Å²) in [6, 6.07) is 9.78. The topological polar surface area (TPSA) is 38.3 Å². The average Bonchev–Trinajstić information content (AvgIpc) is 2.88. The molecule has 2 atom stereocenters. The number of hydrogen-bond donors (Lipinski definition) is 1. The normalized spacial score (nSPS) is 25.8. The number of alkyl halides is 1. The molecule has 0 saturated carbocycles. The van der Waals surface area contributed by atoms with Gasteiger partial charge in [-0.1, -0.05) is 30.3 Å². The summed E-state index contributed by atoms with van der Waals surface area (Å²) >= 11 is 6.08. The molecular formula is C15H20ClNO2. The first-order chi connectivity index (χ1) is 9.00. The minimum atomic E-state index is -0.720. The maximum Gasteiger partial charge on any atom is 0.252 e. The summed E-state index contributed by atoms with van der Waals surface area (Å²) in [5.41, 5.74) is -0.295. The molecule has 2 rings (SSSR count). The van der Waals surface area contributed by atoms with Crippen LogP contribution in [0.25, 0.3) is 0 Å². The summed E-state index contributed by atoms with van der Waals surface area (Å²) in [6.45, 7) is 4.42. The molecule has 1 amide bonds. The van der Waals surface area contributed by atoms with Gasteiger partial charge in [0.05, 0.1) is 5.54 Å². The molecule has 1 N–H and O–H groups in total. The second-order valence-electron chi connectivity index (χ2n) is 5.47. The summed E-state index contributed by atoms with van der Waals surface area (Å²) < 4.78 is 5.57. The van der Waals surface area contributed by atoms with E-state index in [-0.39, 0.29) is 5.91 Å². The summed E-state index contributed by atoms with van der Waals surface area (Å²) in [5.74, 6) is 0.232. The Kier molecular flexibility index (Phi) is 4.16. The molecule has 4 heteroatoms. The van der Waals surface area contributed by atoms with Gasteiger partial charge < -0.3 is 10.1 Å². The average molecular weight is 282 g/mol. The first kappa shape index (κ1) is 14.4. The fourth-order valence-electron chi connectivity index (χ4n) is 2.33. The highest BCUT2D eigenvalue weighted by Crippen LogP contribution is 2.28. The Hall–Kier alpha value is -1.06. The molecule has 0 aromatic heterocycles. The van der Waals surface area contributed by atoms with Gasteiger partial charge in [0.2, 0.25) is 0 Å². The maximum absolute atomic E-state index is 12.4. The van der Waals surface area contributed by atoms with Crippen molar-refractivity contribution in [1.29, 1.82) is 0 Å². The molecule has 1 aromatic carbocycles. The summed E-state index contributed by atoms with van der Waals surface area (Å²) in [4.78, 5) is 12.4. The number of ether oxygens (including phenoxy) is 1. The van der Waals surface area contributed by atoms with Crippen molar-refractivity contribution in [3.63, 3.8) is 0 Å². The minimum absolute atomic E-state index is 0.0861. The number of hydrogen-bond acceptors (Lipinski definition) is 2. The van der Waals surface area contributed by atoms with Crippen molar-refractivity contribution >= 4 is 17.5 Å². The van der Waals surface area contributed by atoms with E-state index >= 15 is 0 Å². The number of carbonyl (C=O) groups excluding carboxylic acids is 1. The first-order valence-electron chi connectivity index (χ1n) is 6.58. The van der Waals surface area contributed by atoms with Gasteiger partial charge in [0.25, 0.3) is 5.91 Å². The van der Waals surface area contributed by atoms with Gasteiger partial charge in [-0.3, -0.25) is 4.79 Å². The molecule has 0 aliphatic carbocycles. The number of halogens is 1. The lowest BCUT2D eigenvalue weighted by Gasteiger charge is -2.33. The van der Waals surface area contributed by atoms with Crippen molar-refractivity contribution in [1.82, 2.24) is 5.32 Å². The van der Waals surface area contributed by atoms with Crippen molar-refractivity contribution < 1.29 is 9.53 Å². The van der Waals surface area contributed by atoms with Crippen molar-refractivity contribution in [2.45, 2.75) is 37.8 Å². The van der Waals surface area contributed by atoms with Crippen LogP contribution in [-0.4, -0.2) is 24.0 Å². The van der Waals surface area contributed by atoms with Crippen LogP contribution in [0.3, 0.4) is 0 Å². The molecule has 1 aromatic rings. The Balaban J connectivity index is 2.17. The zero-order valence-electron chi connectivity index (χ0n) is 11.4. The van der Waals surface area contributed by atoms with Gasteiger partial charge in [-0.25, -0.2) is 0 Å². The van der Waals surface area contributed by atoms with E-state index < -0.39 is 11.1 Å². The predicted molar refractivity (Wildman–Crippen MR) is 76.2 cm³/mol. The Morgan fingerprint density at radius 3 is 2.68 bits per heavy atom. The van der Waals surface area contributed by atoms with Crippen LogP contribution >= 0.6 is 11.6 Å². The van der Waals surface area contributed by atoms with Crippen LogP contribution in [0.4, 0.5) is 0 Å². The maximum atomic E-state index is 12.4. The van der Waals surface area contributed by atoms with Crippen LogP contribution < -0.4 is 5.32 Å². The third-order valence-corrected chi connectivity index (χ3v) is 4.30. The summed E-state index contributed by atoms with van der Waals surface area (Å²) in [5, 5.41) is 3.05. The van der Waals surface area contributed by atoms with Crippen molar-refractivity contribution in [3.8, 4) is 0 Å². The van der Waals surface area contributed by atoms with Crippen molar-refractivity contribution in [2.75, 3.05) is 12.5 Å². The van der Waals surface area contributed by atoms with Crippen molar-refractivity contribution in [2.24, 2.45) is 0 Å². The van der Waals surface area contributed by atoms with E-state index in [1.807, 2.05) is 44.2 Å². The largest absolute Gasteiger partial charge is 0.365 e. The van der Waals surface area contributed by atoms with Gasteiger partial charge in [-0.2, -0.15) is 0 Å². The zero-order chi connectivity index (χ0) is 13.9. The SMILES string of the molecule is CC1(C(=O)NC(C)(CCl)c2ccccc2)CCCO1. The summed E-state index contributed by atoms with van der Waals surface area (Å²) in [6.07, 6.45) is 1.68. The number of benzene rings is 1. The molecular weight excluding hydrogens is 262 g/mol. The Bertz CT molecular complexity index is 443. The predicted octanol–water partition coefficient (Wildman–Crippen LogP) is 2.83. The fourth-order valence-corrected chi connectivity index (χ4v) is 2.55. The van der Waals surface area contributed by atoms with Gasteiger partial charge in [0.15, 0.2) is 0 Å². The smallest absolute Gasteiger partial charge is 0.252 e. The molecule has 0 bridgehead atoms. The van der Waals surface area contributed by atoms with Gasteiger partial charge in [0.1, 0.15) is 5.60 Å². The molecule has 3 nitrogen and oxygen atoms in total. The minimum Gasteiger partial charge on any atom is -0.365 e. The van der Waals surface area contributed by atoms with Gasteiger partial charge in [-0.15, -0.1) is 11.6 Å². The second-order valence-corrected chi connectivity index (χ2v) is 5.74. The van der Waals surface area contributed by atoms with Crippen LogP contribution in [0.1, 0.15) is 32.3 Å². The van der Waals surface area contributed by atoms with Gasteiger partial charge in [0, 0.05) is 12.5 Å². The number of amides is 1. The lowest BCUT2D eigenvalue weighted by atomic mass is 9.92. The first-order valence-corrected chi connectivity index (χ1v) is 7.12. The highest BCUT2D eigenvalue weighted by molar-refractivity contribution is 6.18. The molecule has 1 aliphatic rings.